The monoisotopic (exact) mass is 290 g/mol. The Kier molecular flexibility index (Phi) is 5.20. The number of rotatable bonds is 4. The number of likely N-dealkylation sites (tertiary alicyclic amines) is 1. The van der Waals surface area contributed by atoms with Crippen LogP contribution in [0.15, 0.2) is 24.3 Å². The Balaban J connectivity index is 1.70. The van der Waals surface area contributed by atoms with E-state index in [1.807, 2.05) is 36.1 Å². The highest BCUT2D eigenvalue weighted by Crippen LogP contribution is 2.12. The molecule has 114 valence electrons. The molecule has 1 saturated heterocycles. The van der Waals surface area contributed by atoms with Gasteiger partial charge in [0.05, 0.1) is 0 Å². The molecular formula is C16H22N2O3. The van der Waals surface area contributed by atoms with E-state index in [-0.39, 0.29) is 24.5 Å². The zero-order valence-corrected chi connectivity index (χ0v) is 12.6. The van der Waals surface area contributed by atoms with Gasteiger partial charge in [-0.3, -0.25) is 9.59 Å². The lowest BCUT2D eigenvalue weighted by molar-refractivity contribution is -0.130. The number of carbonyl (C=O) groups is 2. The average molecular weight is 290 g/mol. The van der Waals surface area contributed by atoms with Crippen molar-refractivity contribution >= 4 is 11.8 Å². The third kappa shape index (κ3) is 4.77. The van der Waals surface area contributed by atoms with Gasteiger partial charge in [0.2, 0.25) is 5.91 Å². The molecule has 2 amide bonds. The molecule has 21 heavy (non-hydrogen) atoms. The highest BCUT2D eigenvalue weighted by molar-refractivity contribution is 5.78. The van der Waals surface area contributed by atoms with Gasteiger partial charge >= 0.3 is 0 Å². The zero-order chi connectivity index (χ0) is 15.2. The molecule has 0 spiro atoms. The summed E-state index contributed by atoms with van der Waals surface area (Å²) in [5.74, 6) is 0.682. The van der Waals surface area contributed by atoms with Crippen molar-refractivity contribution in [2.45, 2.75) is 32.7 Å². The highest BCUT2D eigenvalue weighted by atomic mass is 16.5. The normalized spacial score (nSPS) is 15.6. The standard InChI is InChI=1S/C16H22N2O3/c1-12-3-5-15(6-4-12)21-11-16(20)17-14-7-9-18(10-8-14)13(2)19/h3-6,14H,7-11H2,1-2H3,(H,17,20). The van der Waals surface area contributed by atoms with Gasteiger partial charge in [0.1, 0.15) is 5.75 Å². The van der Waals surface area contributed by atoms with Crippen LogP contribution in [-0.2, 0) is 9.59 Å². The van der Waals surface area contributed by atoms with Crippen LogP contribution < -0.4 is 10.1 Å². The van der Waals surface area contributed by atoms with Crippen LogP contribution in [0.4, 0.5) is 0 Å². The van der Waals surface area contributed by atoms with E-state index in [2.05, 4.69) is 5.32 Å². The summed E-state index contributed by atoms with van der Waals surface area (Å²) in [6.07, 6.45) is 1.60. The Morgan fingerprint density at radius 2 is 1.86 bits per heavy atom. The summed E-state index contributed by atoms with van der Waals surface area (Å²) >= 11 is 0. The van der Waals surface area contributed by atoms with Crippen molar-refractivity contribution in [1.82, 2.24) is 10.2 Å². The lowest BCUT2D eigenvalue weighted by Crippen LogP contribution is -2.47. The Hall–Kier alpha value is -2.04. The van der Waals surface area contributed by atoms with Crippen LogP contribution in [0, 0.1) is 6.92 Å². The number of hydrogen-bond acceptors (Lipinski definition) is 3. The van der Waals surface area contributed by atoms with Gasteiger partial charge in [0.15, 0.2) is 6.61 Å². The SMILES string of the molecule is CC(=O)N1CCC(NC(=O)COc2ccc(C)cc2)CC1. The van der Waals surface area contributed by atoms with Gasteiger partial charge in [-0.1, -0.05) is 17.7 Å². The molecule has 1 N–H and O–H groups in total. The number of benzene rings is 1. The maximum atomic E-state index is 11.9. The van der Waals surface area contributed by atoms with Crippen molar-refractivity contribution in [3.63, 3.8) is 0 Å². The quantitative estimate of drug-likeness (QED) is 0.914. The summed E-state index contributed by atoms with van der Waals surface area (Å²) in [5.41, 5.74) is 1.16. The fraction of sp³-hybridized carbons (Fsp3) is 0.500. The number of nitrogens with one attached hydrogen (secondary N) is 1. The van der Waals surface area contributed by atoms with E-state index < -0.39 is 0 Å². The molecule has 1 fully saturated rings. The van der Waals surface area contributed by atoms with Gasteiger partial charge in [-0.05, 0) is 31.9 Å². The first kappa shape index (κ1) is 15.4. The Bertz CT molecular complexity index is 491. The predicted octanol–water partition coefficient (Wildman–Crippen LogP) is 1.50. The van der Waals surface area contributed by atoms with Crippen LogP contribution in [-0.4, -0.2) is 42.5 Å². The molecule has 1 aromatic carbocycles. The highest BCUT2D eigenvalue weighted by Gasteiger charge is 2.21. The molecule has 2 rings (SSSR count). The second kappa shape index (κ2) is 7.11. The summed E-state index contributed by atoms with van der Waals surface area (Å²) in [4.78, 5) is 24.9. The maximum absolute atomic E-state index is 11.9. The van der Waals surface area contributed by atoms with E-state index in [1.54, 1.807) is 6.92 Å². The minimum Gasteiger partial charge on any atom is -0.484 e. The third-order valence-corrected chi connectivity index (χ3v) is 3.70. The summed E-state index contributed by atoms with van der Waals surface area (Å²) in [6.45, 7) is 5.02. The van der Waals surface area contributed by atoms with Gasteiger partial charge in [-0.2, -0.15) is 0 Å². The zero-order valence-electron chi connectivity index (χ0n) is 12.6. The van der Waals surface area contributed by atoms with Crippen LogP contribution in [0.25, 0.3) is 0 Å². The lowest BCUT2D eigenvalue weighted by Gasteiger charge is -2.31. The van der Waals surface area contributed by atoms with Crippen LogP contribution in [0.1, 0.15) is 25.3 Å². The Morgan fingerprint density at radius 1 is 1.24 bits per heavy atom. The molecule has 0 aliphatic carbocycles. The fourth-order valence-electron chi connectivity index (χ4n) is 2.39. The number of hydrogen-bond donors (Lipinski definition) is 1. The molecule has 0 atom stereocenters. The van der Waals surface area contributed by atoms with Gasteiger partial charge < -0.3 is 15.0 Å². The molecule has 5 heteroatoms. The Morgan fingerprint density at radius 3 is 2.43 bits per heavy atom. The maximum Gasteiger partial charge on any atom is 0.258 e. The van der Waals surface area contributed by atoms with E-state index in [0.29, 0.717) is 18.8 Å². The fourth-order valence-corrected chi connectivity index (χ4v) is 2.39. The van der Waals surface area contributed by atoms with Crippen molar-refractivity contribution in [3.8, 4) is 5.75 Å². The van der Waals surface area contributed by atoms with Gasteiger partial charge in [-0.25, -0.2) is 0 Å². The van der Waals surface area contributed by atoms with Crippen molar-refractivity contribution in [1.29, 1.82) is 0 Å². The molecular weight excluding hydrogens is 268 g/mol. The van der Waals surface area contributed by atoms with Gasteiger partial charge in [0, 0.05) is 26.1 Å². The topological polar surface area (TPSA) is 58.6 Å². The van der Waals surface area contributed by atoms with Crippen LogP contribution in [0.2, 0.25) is 0 Å². The number of amides is 2. The molecule has 1 heterocycles. The number of piperidine rings is 1. The predicted molar refractivity (Wildman–Crippen MR) is 80.1 cm³/mol. The van der Waals surface area contributed by atoms with E-state index in [9.17, 15) is 9.59 Å². The van der Waals surface area contributed by atoms with Crippen molar-refractivity contribution in [2.75, 3.05) is 19.7 Å². The van der Waals surface area contributed by atoms with Crippen LogP contribution in [0.5, 0.6) is 5.75 Å². The number of carbonyl (C=O) groups excluding carboxylic acids is 2. The van der Waals surface area contributed by atoms with E-state index >= 15 is 0 Å². The summed E-state index contributed by atoms with van der Waals surface area (Å²) in [5, 5.41) is 2.96. The minimum atomic E-state index is -0.114. The van der Waals surface area contributed by atoms with E-state index in [4.69, 9.17) is 4.74 Å². The third-order valence-electron chi connectivity index (χ3n) is 3.70. The second-order valence-electron chi connectivity index (χ2n) is 5.45. The summed E-state index contributed by atoms with van der Waals surface area (Å²) in [6, 6.07) is 7.74. The first-order chi connectivity index (χ1) is 10.0. The molecule has 0 unspecified atom stereocenters. The molecule has 0 radical (unpaired) electrons. The first-order valence-corrected chi connectivity index (χ1v) is 7.29. The number of aryl methyl sites for hydroxylation is 1. The lowest BCUT2D eigenvalue weighted by atomic mass is 10.1. The smallest absolute Gasteiger partial charge is 0.258 e. The van der Waals surface area contributed by atoms with Crippen molar-refractivity contribution < 1.29 is 14.3 Å². The molecule has 0 aromatic heterocycles. The van der Waals surface area contributed by atoms with E-state index in [0.717, 1.165) is 18.4 Å². The second-order valence-corrected chi connectivity index (χ2v) is 5.45. The van der Waals surface area contributed by atoms with Crippen LogP contribution >= 0.6 is 0 Å². The molecule has 1 aliphatic rings. The van der Waals surface area contributed by atoms with E-state index in [1.165, 1.54) is 0 Å². The molecule has 1 aliphatic heterocycles. The summed E-state index contributed by atoms with van der Waals surface area (Å²) < 4.78 is 5.45. The molecule has 0 bridgehead atoms. The van der Waals surface area contributed by atoms with Crippen LogP contribution in [0.3, 0.4) is 0 Å². The Labute approximate surface area is 125 Å². The van der Waals surface area contributed by atoms with Crippen molar-refractivity contribution in [2.24, 2.45) is 0 Å². The minimum absolute atomic E-state index is 0.0238. The first-order valence-electron chi connectivity index (χ1n) is 7.29. The molecule has 5 nitrogen and oxygen atoms in total. The largest absolute Gasteiger partial charge is 0.484 e. The number of ether oxygens (including phenoxy) is 1. The van der Waals surface area contributed by atoms with Gasteiger partial charge in [-0.15, -0.1) is 0 Å². The molecule has 0 saturated carbocycles. The number of nitrogens with zero attached hydrogens (tertiary/aromatic N) is 1. The van der Waals surface area contributed by atoms with Crippen molar-refractivity contribution in [3.05, 3.63) is 29.8 Å². The average Bonchev–Trinajstić information content (AvgIpc) is 2.47. The molecule has 1 aromatic rings. The van der Waals surface area contributed by atoms with Gasteiger partial charge in [0.25, 0.3) is 5.91 Å². The summed E-state index contributed by atoms with van der Waals surface area (Å²) in [7, 11) is 0.